The number of oxime groups is 2. The van der Waals surface area contributed by atoms with E-state index in [2.05, 4.69) is 19.8 Å². The van der Waals surface area contributed by atoms with Crippen molar-refractivity contribution >= 4 is 23.4 Å². The number of hydrogen-bond donors (Lipinski definition) is 1. The van der Waals surface area contributed by atoms with Crippen molar-refractivity contribution in [1.82, 2.24) is 0 Å². The molecule has 0 saturated heterocycles. The van der Waals surface area contributed by atoms with Gasteiger partial charge in [0.2, 0.25) is 6.10 Å². The van der Waals surface area contributed by atoms with Crippen molar-refractivity contribution in [1.29, 1.82) is 0 Å². The number of ether oxygens (including phenoxy) is 2. The number of rotatable bonds is 4. The van der Waals surface area contributed by atoms with Gasteiger partial charge < -0.3 is 19.5 Å². The van der Waals surface area contributed by atoms with Gasteiger partial charge in [-0.25, -0.2) is 4.79 Å². The lowest BCUT2D eigenvalue weighted by Gasteiger charge is -2.15. The van der Waals surface area contributed by atoms with Crippen LogP contribution in [0.1, 0.15) is 5.56 Å². The zero-order valence-electron chi connectivity index (χ0n) is 11.9. The molecular weight excluding hydrogens is 292 g/mol. The molecule has 0 unspecified atom stereocenters. The van der Waals surface area contributed by atoms with Crippen molar-refractivity contribution in [2.45, 2.75) is 6.10 Å². The van der Waals surface area contributed by atoms with Gasteiger partial charge in [-0.3, -0.25) is 4.79 Å². The molecule has 1 aliphatic rings. The first-order chi connectivity index (χ1) is 10.6. The second-order valence-electron chi connectivity index (χ2n) is 4.34. The van der Waals surface area contributed by atoms with Crippen molar-refractivity contribution in [3.8, 4) is 0 Å². The zero-order chi connectivity index (χ0) is 16.1. The second-order valence-corrected chi connectivity index (χ2v) is 4.34. The van der Waals surface area contributed by atoms with Gasteiger partial charge in [-0.1, -0.05) is 40.6 Å². The Labute approximate surface area is 126 Å². The lowest BCUT2D eigenvalue weighted by molar-refractivity contribution is -0.161. The van der Waals surface area contributed by atoms with E-state index >= 15 is 0 Å². The molecule has 1 heterocycles. The highest BCUT2D eigenvalue weighted by atomic mass is 16.7. The summed E-state index contributed by atoms with van der Waals surface area (Å²) in [5.74, 6) is -2.70. The van der Waals surface area contributed by atoms with Crippen molar-refractivity contribution in [3.63, 3.8) is 0 Å². The van der Waals surface area contributed by atoms with Crippen LogP contribution in [0, 0.1) is 5.92 Å². The molecule has 8 heteroatoms. The fourth-order valence-electron chi connectivity index (χ4n) is 2.08. The Morgan fingerprint density at radius 3 is 2.36 bits per heavy atom. The molecule has 0 fully saturated rings. The Morgan fingerprint density at radius 2 is 1.82 bits per heavy atom. The van der Waals surface area contributed by atoms with E-state index in [-0.39, 0.29) is 11.4 Å². The van der Waals surface area contributed by atoms with Gasteiger partial charge in [0.05, 0.1) is 14.2 Å². The molecule has 1 N–H and O–H groups in total. The van der Waals surface area contributed by atoms with Gasteiger partial charge in [0.1, 0.15) is 11.4 Å². The Bertz CT molecular complexity index is 625. The number of methoxy groups -OCH3 is 2. The van der Waals surface area contributed by atoms with Crippen LogP contribution in [0.5, 0.6) is 0 Å². The zero-order valence-corrected chi connectivity index (χ0v) is 11.9. The SMILES string of the molecule is COC(=O)[C@H]1C(/C(=N\O)c2ccccc2)=NO[C@@H]1C(=O)OC. The molecule has 0 spiro atoms. The molecule has 0 saturated carbocycles. The van der Waals surface area contributed by atoms with E-state index in [1.807, 2.05) is 0 Å². The monoisotopic (exact) mass is 306 g/mol. The molecule has 116 valence electrons. The topological polar surface area (TPSA) is 107 Å². The van der Waals surface area contributed by atoms with Crippen LogP contribution in [0.2, 0.25) is 0 Å². The number of benzene rings is 1. The minimum atomic E-state index is -1.28. The van der Waals surface area contributed by atoms with Crippen molar-refractivity contribution in [2.75, 3.05) is 14.2 Å². The number of carbonyl (C=O) groups is 2. The summed E-state index contributed by atoms with van der Waals surface area (Å²) in [5, 5.41) is 16.2. The molecule has 1 aromatic rings. The minimum absolute atomic E-state index is 0.00375. The molecule has 1 aromatic carbocycles. The van der Waals surface area contributed by atoms with Crippen LogP contribution in [0.25, 0.3) is 0 Å². The summed E-state index contributed by atoms with van der Waals surface area (Å²) in [5.41, 5.74) is 0.519. The smallest absolute Gasteiger partial charge is 0.351 e. The molecule has 2 rings (SSSR count). The summed E-state index contributed by atoms with van der Waals surface area (Å²) >= 11 is 0. The largest absolute Gasteiger partial charge is 0.468 e. The van der Waals surface area contributed by atoms with Crippen LogP contribution in [0.4, 0.5) is 0 Å². The van der Waals surface area contributed by atoms with E-state index in [4.69, 9.17) is 4.84 Å². The third-order valence-corrected chi connectivity index (χ3v) is 3.14. The summed E-state index contributed by atoms with van der Waals surface area (Å²) in [6.07, 6.45) is -1.28. The second kappa shape index (κ2) is 6.70. The Balaban J connectivity index is 2.40. The highest BCUT2D eigenvalue weighted by Gasteiger charge is 2.48. The maximum Gasteiger partial charge on any atom is 0.351 e. The van der Waals surface area contributed by atoms with Crippen LogP contribution < -0.4 is 0 Å². The van der Waals surface area contributed by atoms with E-state index in [1.165, 1.54) is 7.11 Å². The van der Waals surface area contributed by atoms with Gasteiger partial charge in [0.25, 0.3) is 0 Å². The molecule has 8 nitrogen and oxygen atoms in total. The fourth-order valence-corrected chi connectivity index (χ4v) is 2.08. The van der Waals surface area contributed by atoms with Gasteiger partial charge >= 0.3 is 11.9 Å². The first-order valence-corrected chi connectivity index (χ1v) is 6.31. The van der Waals surface area contributed by atoms with Crippen LogP contribution in [0.15, 0.2) is 40.6 Å². The Morgan fingerprint density at radius 1 is 1.18 bits per heavy atom. The molecule has 22 heavy (non-hydrogen) atoms. The average Bonchev–Trinajstić information content (AvgIpc) is 3.00. The summed E-state index contributed by atoms with van der Waals surface area (Å²) in [7, 11) is 2.33. The maximum absolute atomic E-state index is 12.0. The lowest BCUT2D eigenvalue weighted by Crippen LogP contribution is -2.40. The lowest BCUT2D eigenvalue weighted by atomic mass is 9.91. The number of hydrogen-bond acceptors (Lipinski definition) is 8. The van der Waals surface area contributed by atoms with Gasteiger partial charge in [0.15, 0.2) is 5.92 Å². The molecule has 2 atom stereocenters. The first kappa shape index (κ1) is 15.5. The normalized spacial score (nSPS) is 20.8. The fraction of sp³-hybridized carbons (Fsp3) is 0.286. The summed E-state index contributed by atoms with van der Waals surface area (Å²) in [6, 6.07) is 8.55. The van der Waals surface area contributed by atoms with Crippen molar-refractivity contribution in [2.24, 2.45) is 16.2 Å². The standard InChI is InChI=1S/C14H14N2O6/c1-20-13(17)9-11(16-22-12(9)14(18)21-2)10(15-19)8-6-4-3-5-7-8/h3-7,9,12,19H,1-2H3/b15-10-/t9-,12-/m0/s1. The van der Waals surface area contributed by atoms with Crippen molar-refractivity contribution < 1.29 is 29.1 Å². The summed E-state index contributed by atoms with van der Waals surface area (Å²) < 4.78 is 9.25. The molecule has 0 amide bonds. The highest BCUT2D eigenvalue weighted by Crippen LogP contribution is 2.24. The van der Waals surface area contributed by atoms with Crippen LogP contribution in [-0.4, -0.2) is 48.9 Å². The van der Waals surface area contributed by atoms with Gasteiger partial charge in [-0.2, -0.15) is 0 Å². The summed E-state index contributed by atoms with van der Waals surface area (Å²) in [6.45, 7) is 0. The molecule has 0 bridgehead atoms. The maximum atomic E-state index is 12.0. The van der Waals surface area contributed by atoms with E-state index in [0.717, 1.165) is 7.11 Å². The quantitative estimate of drug-likeness (QED) is 0.377. The van der Waals surface area contributed by atoms with Gasteiger partial charge in [-0.15, -0.1) is 0 Å². The van der Waals surface area contributed by atoms with Crippen molar-refractivity contribution in [3.05, 3.63) is 35.9 Å². The highest BCUT2D eigenvalue weighted by molar-refractivity contribution is 6.51. The minimum Gasteiger partial charge on any atom is -0.468 e. The first-order valence-electron chi connectivity index (χ1n) is 6.31. The van der Waals surface area contributed by atoms with E-state index in [1.54, 1.807) is 30.3 Å². The average molecular weight is 306 g/mol. The van der Waals surface area contributed by atoms with Crippen LogP contribution >= 0.6 is 0 Å². The number of nitrogens with zero attached hydrogens (tertiary/aromatic N) is 2. The molecule has 0 aliphatic carbocycles. The van der Waals surface area contributed by atoms with Gasteiger partial charge in [-0.05, 0) is 0 Å². The number of carbonyl (C=O) groups excluding carboxylic acids is 2. The van der Waals surface area contributed by atoms with Gasteiger partial charge in [0, 0.05) is 5.56 Å². The predicted octanol–water partition coefficient (Wildman–Crippen LogP) is 0.582. The molecule has 1 aliphatic heterocycles. The van der Waals surface area contributed by atoms with E-state index in [9.17, 15) is 14.8 Å². The molecule has 0 aromatic heterocycles. The van der Waals surface area contributed by atoms with Crippen LogP contribution in [0.3, 0.4) is 0 Å². The summed E-state index contributed by atoms with van der Waals surface area (Å²) in [4.78, 5) is 28.7. The molecule has 0 radical (unpaired) electrons. The number of esters is 2. The van der Waals surface area contributed by atoms with E-state index < -0.39 is 24.0 Å². The third kappa shape index (κ3) is 2.76. The Hall–Kier alpha value is -2.90. The predicted molar refractivity (Wildman–Crippen MR) is 74.6 cm³/mol. The Kier molecular flexibility index (Phi) is 4.72. The third-order valence-electron chi connectivity index (χ3n) is 3.14. The van der Waals surface area contributed by atoms with E-state index in [0.29, 0.717) is 5.56 Å². The molecular formula is C14H14N2O6. The van der Waals surface area contributed by atoms with Crippen LogP contribution in [-0.2, 0) is 23.9 Å².